The van der Waals surface area contributed by atoms with Crippen LogP contribution in [0, 0.1) is 0 Å². The molecule has 0 N–H and O–H groups in total. The Morgan fingerprint density at radius 1 is 0.440 bits per heavy atom. The molecule has 3 heterocycles. The van der Waals surface area contributed by atoms with E-state index in [9.17, 15) is 0 Å². The van der Waals surface area contributed by atoms with Crippen LogP contribution < -0.4 is 0 Å². The molecule has 12 rings (SSSR count). The van der Waals surface area contributed by atoms with E-state index in [2.05, 4.69) is 162 Å². The van der Waals surface area contributed by atoms with E-state index < -0.39 is 5.41 Å². The van der Waals surface area contributed by atoms with Gasteiger partial charge >= 0.3 is 0 Å². The average Bonchev–Trinajstić information content (AvgIpc) is 3.81. The largest absolute Gasteiger partial charge is 0.456 e. The van der Waals surface area contributed by atoms with Gasteiger partial charge in [0.25, 0.3) is 0 Å². The number of para-hydroxylation sites is 1. The predicted octanol–water partition coefficient (Wildman–Crippen LogP) is 12.7. The standard InChI is InChI=1S/C47H27NOS/c1-2-12-30-28(11-1)21-23-35-36-26-45-40(27-41(36)48(46(30)35)29-22-24-34-33-15-5-9-19-42(33)49-43(34)25-29)47(39-18-8-10-20-44(39)50-45)37-16-6-3-13-31(37)32-14-4-7-17-38(32)47/h1-27H. The summed E-state index contributed by atoms with van der Waals surface area (Å²) in [6.45, 7) is 0. The Kier molecular flexibility index (Phi) is 5.14. The van der Waals surface area contributed by atoms with Gasteiger partial charge < -0.3 is 8.98 Å². The molecule has 0 unspecified atom stereocenters. The molecule has 0 fully saturated rings. The summed E-state index contributed by atoms with van der Waals surface area (Å²) >= 11 is 1.90. The summed E-state index contributed by atoms with van der Waals surface area (Å²) in [6, 6.07) is 60.6. The fraction of sp³-hybridized carbons (Fsp3) is 0.0213. The van der Waals surface area contributed by atoms with Crippen LogP contribution in [0.2, 0.25) is 0 Å². The first kappa shape index (κ1) is 26.9. The molecule has 1 aliphatic heterocycles. The van der Waals surface area contributed by atoms with E-state index in [4.69, 9.17) is 4.42 Å². The van der Waals surface area contributed by atoms with E-state index in [-0.39, 0.29) is 0 Å². The first-order chi connectivity index (χ1) is 24.8. The number of rotatable bonds is 1. The fourth-order valence-electron chi connectivity index (χ4n) is 9.25. The summed E-state index contributed by atoms with van der Waals surface area (Å²) in [5.41, 5.74) is 12.9. The molecule has 1 spiro atoms. The van der Waals surface area contributed by atoms with Crippen LogP contribution in [0.4, 0.5) is 0 Å². The highest BCUT2D eigenvalue weighted by molar-refractivity contribution is 7.99. The van der Waals surface area contributed by atoms with E-state index in [1.54, 1.807) is 0 Å². The lowest BCUT2D eigenvalue weighted by Gasteiger charge is -2.39. The topological polar surface area (TPSA) is 18.1 Å². The van der Waals surface area contributed by atoms with Crippen molar-refractivity contribution in [3.8, 4) is 16.8 Å². The van der Waals surface area contributed by atoms with Crippen molar-refractivity contribution in [1.29, 1.82) is 0 Å². The highest BCUT2D eigenvalue weighted by Crippen LogP contribution is 2.62. The van der Waals surface area contributed by atoms with Crippen molar-refractivity contribution in [2.24, 2.45) is 0 Å². The zero-order valence-corrected chi connectivity index (χ0v) is 27.7. The van der Waals surface area contributed by atoms with E-state index >= 15 is 0 Å². The van der Waals surface area contributed by atoms with E-state index in [1.807, 2.05) is 17.8 Å². The van der Waals surface area contributed by atoms with Crippen LogP contribution >= 0.6 is 11.8 Å². The zero-order chi connectivity index (χ0) is 32.6. The van der Waals surface area contributed by atoms with Gasteiger partial charge in [0.05, 0.1) is 16.4 Å². The van der Waals surface area contributed by atoms with Crippen LogP contribution in [0.1, 0.15) is 22.3 Å². The fourth-order valence-corrected chi connectivity index (χ4v) is 10.5. The monoisotopic (exact) mass is 653 g/mol. The predicted molar refractivity (Wildman–Crippen MR) is 207 cm³/mol. The van der Waals surface area contributed by atoms with Crippen LogP contribution in [0.15, 0.2) is 178 Å². The summed E-state index contributed by atoms with van der Waals surface area (Å²) in [7, 11) is 0. The molecule has 50 heavy (non-hydrogen) atoms. The molecule has 0 saturated heterocycles. The van der Waals surface area contributed by atoms with Gasteiger partial charge in [-0.05, 0) is 75.2 Å². The lowest BCUT2D eigenvalue weighted by molar-refractivity contribution is 0.668. The minimum atomic E-state index is -0.440. The zero-order valence-electron chi connectivity index (χ0n) is 26.9. The van der Waals surface area contributed by atoms with Gasteiger partial charge in [-0.25, -0.2) is 0 Å². The second-order valence-electron chi connectivity index (χ2n) is 13.6. The number of hydrogen-bond acceptors (Lipinski definition) is 2. The molecule has 232 valence electrons. The van der Waals surface area contributed by atoms with E-state index in [1.165, 1.54) is 75.7 Å². The Morgan fingerprint density at radius 2 is 1.10 bits per heavy atom. The quantitative estimate of drug-likeness (QED) is 0.175. The molecular weight excluding hydrogens is 627 g/mol. The molecule has 0 radical (unpaired) electrons. The molecule has 8 aromatic carbocycles. The maximum absolute atomic E-state index is 6.47. The highest BCUT2D eigenvalue weighted by atomic mass is 32.2. The molecule has 0 atom stereocenters. The van der Waals surface area contributed by atoms with Crippen LogP contribution in [-0.2, 0) is 5.41 Å². The van der Waals surface area contributed by atoms with Crippen LogP contribution in [-0.4, -0.2) is 4.57 Å². The number of aromatic nitrogens is 1. The number of fused-ring (bicyclic) bond motifs is 17. The third-order valence-electron chi connectivity index (χ3n) is 11.2. The number of benzene rings is 8. The normalized spacial score (nSPS) is 14.1. The molecule has 10 aromatic rings. The van der Waals surface area contributed by atoms with E-state index in [0.717, 1.165) is 27.6 Å². The molecule has 0 bridgehead atoms. The maximum Gasteiger partial charge on any atom is 0.137 e. The van der Waals surface area contributed by atoms with Gasteiger partial charge in [0.15, 0.2) is 0 Å². The van der Waals surface area contributed by atoms with Crippen molar-refractivity contribution in [3.63, 3.8) is 0 Å². The van der Waals surface area contributed by atoms with Crippen LogP contribution in [0.3, 0.4) is 0 Å². The van der Waals surface area contributed by atoms with Crippen molar-refractivity contribution < 1.29 is 4.42 Å². The minimum Gasteiger partial charge on any atom is -0.456 e. The van der Waals surface area contributed by atoms with Gasteiger partial charge in [-0.15, -0.1) is 0 Å². The lowest BCUT2D eigenvalue weighted by Crippen LogP contribution is -2.32. The molecule has 0 amide bonds. The molecule has 2 aliphatic rings. The second-order valence-corrected chi connectivity index (χ2v) is 14.7. The molecule has 3 heteroatoms. The lowest BCUT2D eigenvalue weighted by atomic mass is 9.67. The van der Waals surface area contributed by atoms with Crippen LogP contribution in [0.5, 0.6) is 0 Å². The maximum atomic E-state index is 6.47. The van der Waals surface area contributed by atoms with Gasteiger partial charge in [-0.1, -0.05) is 133 Å². The molecule has 0 saturated carbocycles. The number of furan rings is 1. The SMILES string of the molecule is c1ccc2c(c1)Sc1cc3c4ccc5ccccc5c4n(-c4ccc5c(c4)oc4ccccc45)c3cc1C21c2ccccc2-c2ccccc21. The summed E-state index contributed by atoms with van der Waals surface area (Å²) in [4.78, 5) is 2.62. The molecule has 2 aromatic heterocycles. The third kappa shape index (κ3) is 3.26. The van der Waals surface area contributed by atoms with Crippen molar-refractivity contribution in [3.05, 3.63) is 186 Å². The number of hydrogen-bond donors (Lipinski definition) is 0. The molecule has 2 nitrogen and oxygen atoms in total. The first-order valence-corrected chi connectivity index (χ1v) is 18.0. The summed E-state index contributed by atoms with van der Waals surface area (Å²) < 4.78 is 8.96. The average molecular weight is 654 g/mol. The minimum absolute atomic E-state index is 0.440. The third-order valence-corrected chi connectivity index (χ3v) is 12.4. The second kappa shape index (κ2) is 9.56. The first-order valence-electron chi connectivity index (χ1n) is 17.2. The van der Waals surface area contributed by atoms with Crippen molar-refractivity contribution in [2.45, 2.75) is 15.2 Å². The summed E-state index contributed by atoms with van der Waals surface area (Å²) in [5, 5.41) is 7.27. The Bertz CT molecular complexity index is 3040. The van der Waals surface area contributed by atoms with Crippen molar-refractivity contribution in [1.82, 2.24) is 4.57 Å². The Hall–Kier alpha value is -6.03. The molecule has 1 aliphatic carbocycles. The van der Waals surface area contributed by atoms with Gasteiger partial charge in [0.2, 0.25) is 0 Å². The van der Waals surface area contributed by atoms with Gasteiger partial charge in [-0.3, -0.25) is 0 Å². The van der Waals surface area contributed by atoms with Crippen molar-refractivity contribution >= 4 is 66.3 Å². The smallest absolute Gasteiger partial charge is 0.137 e. The highest BCUT2D eigenvalue weighted by Gasteiger charge is 2.50. The Labute approximate surface area is 292 Å². The van der Waals surface area contributed by atoms with E-state index in [0.29, 0.717) is 0 Å². The van der Waals surface area contributed by atoms with Gasteiger partial charge in [-0.2, -0.15) is 0 Å². The summed E-state index contributed by atoms with van der Waals surface area (Å²) in [6.07, 6.45) is 0. The number of nitrogens with zero attached hydrogens (tertiary/aromatic N) is 1. The Morgan fingerprint density at radius 3 is 1.94 bits per heavy atom. The van der Waals surface area contributed by atoms with Gasteiger partial charge in [0.1, 0.15) is 11.2 Å². The Balaban J connectivity index is 1.26. The summed E-state index contributed by atoms with van der Waals surface area (Å²) in [5.74, 6) is 0. The molecular formula is C47H27NOS. The van der Waals surface area contributed by atoms with Crippen LogP contribution in [0.25, 0.3) is 71.3 Å². The van der Waals surface area contributed by atoms with Gasteiger partial charge in [0, 0.05) is 48.5 Å². The van der Waals surface area contributed by atoms with Crippen molar-refractivity contribution in [2.75, 3.05) is 0 Å².